The molecule has 190 valence electrons. The predicted molar refractivity (Wildman–Crippen MR) is 143 cm³/mol. The van der Waals surface area contributed by atoms with E-state index < -0.39 is 15.8 Å². The highest BCUT2D eigenvalue weighted by Crippen LogP contribution is 2.28. The van der Waals surface area contributed by atoms with Gasteiger partial charge in [-0.2, -0.15) is 0 Å². The van der Waals surface area contributed by atoms with Crippen LogP contribution in [0.4, 0.5) is 0 Å². The molecule has 4 aromatic rings. The van der Waals surface area contributed by atoms with Crippen molar-refractivity contribution in [2.24, 2.45) is 0 Å². The van der Waals surface area contributed by atoms with Crippen LogP contribution >= 0.6 is 0 Å². The molecule has 0 saturated heterocycles. The highest BCUT2D eigenvalue weighted by Gasteiger charge is 2.18. The van der Waals surface area contributed by atoms with Gasteiger partial charge in [-0.25, -0.2) is 13.2 Å². The Morgan fingerprint density at radius 2 is 1.49 bits per heavy atom. The molecule has 0 radical (unpaired) electrons. The number of rotatable bonds is 11. The SMILES string of the molecule is CCOC(=O)c1ccc(Oc2cccc(S(=O)(=O)c3ccc(CCNCc4ccccc4)cc3)c2)cc1. The summed E-state index contributed by atoms with van der Waals surface area (Å²) in [5, 5.41) is 3.41. The molecule has 0 amide bonds. The maximum Gasteiger partial charge on any atom is 0.338 e. The summed E-state index contributed by atoms with van der Waals surface area (Å²) in [6.07, 6.45) is 0.797. The number of esters is 1. The molecule has 0 aliphatic carbocycles. The lowest BCUT2D eigenvalue weighted by atomic mass is 10.1. The molecule has 0 aliphatic heterocycles. The molecule has 1 N–H and O–H groups in total. The third-order valence-electron chi connectivity index (χ3n) is 5.71. The van der Waals surface area contributed by atoms with Gasteiger partial charge >= 0.3 is 5.97 Å². The first kappa shape index (κ1) is 26.1. The van der Waals surface area contributed by atoms with Crippen LogP contribution in [0.3, 0.4) is 0 Å². The number of hydrogen-bond donors (Lipinski definition) is 1. The normalized spacial score (nSPS) is 11.2. The summed E-state index contributed by atoms with van der Waals surface area (Å²) < 4.78 is 37.3. The lowest BCUT2D eigenvalue weighted by molar-refractivity contribution is 0.0526. The van der Waals surface area contributed by atoms with E-state index in [0.29, 0.717) is 23.7 Å². The van der Waals surface area contributed by atoms with Gasteiger partial charge in [0.15, 0.2) is 0 Å². The summed E-state index contributed by atoms with van der Waals surface area (Å²) in [6, 6.07) is 30.0. The Balaban J connectivity index is 1.37. The molecule has 4 rings (SSSR count). The third kappa shape index (κ3) is 7.06. The van der Waals surface area contributed by atoms with Gasteiger partial charge in [-0.1, -0.05) is 48.5 Å². The molecule has 6 nitrogen and oxygen atoms in total. The largest absolute Gasteiger partial charge is 0.462 e. The Kier molecular flexibility index (Phi) is 8.72. The Morgan fingerprint density at radius 3 is 2.19 bits per heavy atom. The van der Waals surface area contributed by atoms with E-state index in [1.165, 1.54) is 11.6 Å². The van der Waals surface area contributed by atoms with Crippen molar-refractivity contribution in [2.45, 2.75) is 29.7 Å². The van der Waals surface area contributed by atoms with Crippen molar-refractivity contribution >= 4 is 15.8 Å². The maximum atomic E-state index is 13.2. The van der Waals surface area contributed by atoms with Crippen molar-refractivity contribution in [3.05, 3.63) is 120 Å². The number of sulfone groups is 1. The minimum atomic E-state index is -3.71. The molecular formula is C30H29NO5S. The first-order chi connectivity index (χ1) is 18.0. The zero-order chi connectivity index (χ0) is 26.1. The van der Waals surface area contributed by atoms with Crippen LogP contribution in [0.2, 0.25) is 0 Å². The van der Waals surface area contributed by atoms with Gasteiger partial charge in [0.05, 0.1) is 22.0 Å². The van der Waals surface area contributed by atoms with E-state index in [1.54, 1.807) is 61.5 Å². The summed E-state index contributed by atoms with van der Waals surface area (Å²) in [4.78, 5) is 12.2. The lowest BCUT2D eigenvalue weighted by Crippen LogP contribution is -2.16. The van der Waals surface area contributed by atoms with E-state index in [1.807, 2.05) is 30.3 Å². The Bertz CT molecular complexity index is 1420. The first-order valence-corrected chi connectivity index (χ1v) is 13.6. The number of hydrogen-bond acceptors (Lipinski definition) is 6. The van der Waals surface area contributed by atoms with Crippen LogP contribution in [0.5, 0.6) is 11.5 Å². The molecule has 0 atom stereocenters. The Hall–Kier alpha value is -3.94. The van der Waals surface area contributed by atoms with Crippen LogP contribution in [-0.4, -0.2) is 27.5 Å². The zero-order valence-electron chi connectivity index (χ0n) is 20.6. The standard InChI is InChI=1S/C30H29NO5S/c1-2-35-30(32)25-13-15-26(16-14-25)36-27-9-6-10-29(21-27)37(33,34)28-17-11-23(12-18-28)19-20-31-22-24-7-4-3-5-8-24/h3-18,21,31H,2,19-20,22H2,1H3. The fraction of sp³-hybridized carbons (Fsp3) is 0.167. The molecule has 0 aliphatic rings. The smallest absolute Gasteiger partial charge is 0.338 e. The summed E-state index contributed by atoms with van der Waals surface area (Å²) in [5.74, 6) is 0.454. The van der Waals surface area contributed by atoms with Crippen LogP contribution in [0.25, 0.3) is 0 Å². The second-order valence-electron chi connectivity index (χ2n) is 8.38. The van der Waals surface area contributed by atoms with E-state index in [-0.39, 0.29) is 9.79 Å². The second-order valence-corrected chi connectivity index (χ2v) is 10.3. The predicted octanol–water partition coefficient (Wildman–Crippen LogP) is 5.82. The summed E-state index contributed by atoms with van der Waals surface area (Å²) in [6.45, 7) is 3.63. The molecule has 0 bridgehead atoms. The number of carbonyl (C=O) groups excluding carboxylic acids is 1. The molecule has 4 aromatic carbocycles. The topological polar surface area (TPSA) is 81.7 Å². The van der Waals surface area contributed by atoms with Crippen LogP contribution in [0.1, 0.15) is 28.4 Å². The average Bonchev–Trinajstić information content (AvgIpc) is 2.93. The van der Waals surface area contributed by atoms with Gasteiger partial charge in [0.25, 0.3) is 0 Å². The summed E-state index contributed by atoms with van der Waals surface area (Å²) in [7, 11) is -3.71. The number of carbonyl (C=O) groups is 1. The highest BCUT2D eigenvalue weighted by molar-refractivity contribution is 7.91. The molecular weight excluding hydrogens is 486 g/mol. The summed E-state index contributed by atoms with van der Waals surface area (Å²) in [5.41, 5.74) is 2.70. The minimum Gasteiger partial charge on any atom is -0.462 e. The molecule has 0 saturated carbocycles. The van der Waals surface area contributed by atoms with Crippen molar-refractivity contribution in [1.29, 1.82) is 0 Å². The van der Waals surface area contributed by atoms with Gasteiger partial charge in [0.2, 0.25) is 9.84 Å². The molecule has 0 spiro atoms. The fourth-order valence-electron chi connectivity index (χ4n) is 3.75. The molecule has 37 heavy (non-hydrogen) atoms. The van der Waals surface area contributed by atoms with Gasteiger partial charge in [-0.15, -0.1) is 0 Å². The molecule has 7 heteroatoms. The average molecular weight is 516 g/mol. The van der Waals surface area contributed by atoms with Crippen molar-refractivity contribution in [1.82, 2.24) is 5.32 Å². The van der Waals surface area contributed by atoms with Crippen molar-refractivity contribution in [3.63, 3.8) is 0 Å². The quantitative estimate of drug-likeness (QED) is 0.200. The number of nitrogens with one attached hydrogen (secondary N) is 1. The van der Waals surface area contributed by atoms with Gasteiger partial charge in [-0.05, 0) is 85.6 Å². The minimum absolute atomic E-state index is 0.144. The van der Waals surface area contributed by atoms with E-state index >= 15 is 0 Å². The van der Waals surface area contributed by atoms with Crippen LogP contribution in [0, 0.1) is 0 Å². The van der Waals surface area contributed by atoms with E-state index in [9.17, 15) is 13.2 Å². The van der Waals surface area contributed by atoms with Crippen molar-refractivity contribution < 1.29 is 22.7 Å². The van der Waals surface area contributed by atoms with Gasteiger partial charge in [0.1, 0.15) is 11.5 Å². The van der Waals surface area contributed by atoms with Gasteiger partial charge in [-0.3, -0.25) is 0 Å². The first-order valence-electron chi connectivity index (χ1n) is 12.1. The second kappa shape index (κ2) is 12.3. The zero-order valence-corrected chi connectivity index (χ0v) is 21.4. The van der Waals surface area contributed by atoms with Gasteiger partial charge in [0, 0.05) is 6.54 Å². The molecule has 0 heterocycles. The lowest BCUT2D eigenvalue weighted by Gasteiger charge is -2.10. The highest BCUT2D eigenvalue weighted by atomic mass is 32.2. The number of ether oxygens (including phenoxy) is 2. The van der Waals surface area contributed by atoms with Crippen molar-refractivity contribution in [3.8, 4) is 11.5 Å². The fourth-order valence-corrected chi connectivity index (χ4v) is 5.04. The van der Waals surface area contributed by atoms with E-state index in [2.05, 4.69) is 17.4 Å². The van der Waals surface area contributed by atoms with Crippen LogP contribution < -0.4 is 10.1 Å². The Labute approximate surface area is 217 Å². The molecule has 0 fully saturated rings. The third-order valence-corrected chi connectivity index (χ3v) is 7.48. The summed E-state index contributed by atoms with van der Waals surface area (Å²) >= 11 is 0. The van der Waals surface area contributed by atoms with E-state index in [0.717, 1.165) is 25.1 Å². The Morgan fingerprint density at radius 1 is 0.757 bits per heavy atom. The van der Waals surface area contributed by atoms with Crippen LogP contribution in [0.15, 0.2) is 113 Å². The molecule has 0 aromatic heterocycles. The van der Waals surface area contributed by atoms with Gasteiger partial charge < -0.3 is 14.8 Å². The monoisotopic (exact) mass is 515 g/mol. The van der Waals surface area contributed by atoms with Crippen LogP contribution in [-0.2, 0) is 27.5 Å². The number of benzene rings is 4. The molecule has 0 unspecified atom stereocenters. The van der Waals surface area contributed by atoms with E-state index in [4.69, 9.17) is 9.47 Å². The maximum absolute atomic E-state index is 13.2. The van der Waals surface area contributed by atoms with Crippen molar-refractivity contribution in [2.75, 3.05) is 13.2 Å².